The molecule has 0 aliphatic heterocycles. The van der Waals surface area contributed by atoms with Crippen LogP contribution < -0.4 is 15.4 Å². The van der Waals surface area contributed by atoms with E-state index in [2.05, 4.69) is 31.5 Å². The van der Waals surface area contributed by atoms with Gasteiger partial charge in [-0.15, -0.1) is 0 Å². The number of benzene rings is 2. The van der Waals surface area contributed by atoms with Crippen LogP contribution in [0.3, 0.4) is 0 Å². The fourth-order valence-electron chi connectivity index (χ4n) is 3.35. The Labute approximate surface area is 190 Å². The van der Waals surface area contributed by atoms with Gasteiger partial charge in [-0.25, -0.2) is 4.98 Å². The van der Waals surface area contributed by atoms with E-state index in [0.717, 1.165) is 21.3 Å². The number of nitrogens with zero attached hydrogens (tertiary/aromatic N) is 2. The Morgan fingerprint density at radius 3 is 2.26 bits per heavy atom. The highest BCUT2D eigenvalue weighted by Crippen LogP contribution is 2.25. The molecule has 162 valence electrons. The van der Waals surface area contributed by atoms with Crippen molar-refractivity contribution in [3.05, 3.63) is 82.3 Å². The summed E-state index contributed by atoms with van der Waals surface area (Å²) in [5.74, 6) is 1.04. The first-order chi connectivity index (χ1) is 14.9. The summed E-state index contributed by atoms with van der Waals surface area (Å²) in [4.78, 5) is 29.2. The molecule has 1 aromatic heterocycles. The first-order valence-corrected chi connectivity index (χ1v) is 10.6. The van der Waals surface area contributed by atoms with Crippen LogP contribution in [0.4, 0.5) is 0 Å². The van der Waals surface area contributed by atoms with Crippen molar-refractivity contribution < 1.29 is 14.3 Å². The van der Waals surface area contributed by atoms with Gasteiger partial charge >= 0.3 is 0 Å². The first kappa shape index (κ1) is 22.6. The quantitative estimate of drug-likeness (QED) is 0.510. The minimum atomic E-state index is -0.443. The van der Waals surface area contributed by atoms with Crippen LogP contribution in [0, 0.1) is 0 Å². The third-order valence-electron chi connectivity index (χ3n) is 4.91. The zero-order valence-corrected chi connectivity index (χ0v) is 19.2. The smallest absolute Gasteiger partial charge is 0.223 e. The van der Waals surface area contributed by atoms with E-state index in [0.29, 0.717) is 5.82 Å². The van der Waals surface area contributed by atoms with Gasteiger partial charge in [0.1, 0.15) is 17.6 Å². The molecule has 3 aromatic rings. The number of halogens is 1. The number of amides is 2. The number of imidazole rings is 1. The van der Waals surface area contributed by atoms with Gasteiger partial charge in [-0.05, 0) is 35.4 Å². The Morgan fingerprint density at radius 1 is 1.06 bits per heavy atom. The highest BCUT2D eigenvalue weighted by molar-refractivity contribution is 9.10. The van der Waals surface area contributed by atoms with Crippen molar-refractivity contribution in [2.24, 2.45) is 7.05 Å². The maximum Gasteiger partial charge on any atom is 0.223 e. The molecule has 2 N–H and O–H groups in total. The Bertz CT molecular complexity index is 1030. The lowest BCUT2D eigenvalue weighted by Crippen LogP contribution is -2.35. The Hall–Kier alpha value is -3.13. The summed E-state index contributed by atoms with van der Waals surface area (Å²) < 4.78 is 8.04. The summed E-state index contributed by atoms with van der Waals surface area (Å²) in [6.45, 7) is 1.44. The minimum Gasteiger partial charge on any atom is -0.497 e. The monoisotopic (exact) mass is 484 g/mol. The Kier molecular flexibility index (Phi) is 7.46. The van der Waals surface area contributed by atoms with Crippen LogP contribution in [0.1, 0.15) is 42.4 Å². The Balaban J connectivity index is 1.83. The van der Waals surface area contributed by atoms with Gasteiger partial charge in [-0.1, -0.05) is 40.2 Å². The second kappa shape index (κ2) is 10.3. The largest absolute Gasteiger partial charge is 0.497 e. The summed E-state index contributed by atoms with van der Waals surface area (Å²) in [6.07, 6.45) is 3.62. The molecule has 7 nitrogen and oxygen atoms in total. The summed E-state index contributed by atoms with van der Waals surface area (Å²) >= 11 is 3.41. The molecule has 0 bridgehead atoms. The van der Waals surface area contributed by atoms with E-state index >= 15 is 0 Å². The summed E-state index contributed by atoms with van der Waals surface area (Å²) in [6, 6.07) is 14.2. The molecule has 2 aromatic carbocycles. The highest BCUT2D eigenvalue weighted by Gasteiger charge is 2.24. The number of nitrogens with one attached hydrogen (secondary N) is 2. The number of ether oxygens (including phenoxy) is 1. The van der Waals surface area contributed by atoms with E-state index in [1.165, 1.54) is 6.92 Å². The number of aromatic nitrogens is 2. The van der Waals surface area contributed by atoms with Gasteiger partial charge in [-0.2, -0.15) is 0 Å². The number of aryl methyl sites for hydroxylation is 1. The fraction of sp³-hybridized carbons (Fsp3) is 0.261. The topological polar surface area (TPSA) is 85.2 Å². The number of carbonyl (C=O) groups excluding carboxylic acids is 2. The van der Waals surface area contributed by atoms with Crippen LogP contribution in [0.15, 0.2) is 65.4 Å². The summed E-state index contributed by atoms with van der Waals surface area (Å²) in [5, 5.41) is 5.94. The normalized spacial score (nSPS) is 12.6. The van der Waals surface area contributed by atoms with Crippen LogP contribution in [0.2, 0.25) is 0 Å². The van der Waals surface area contributed by atoms with Crippen molar-refractivity contribution >= 4 is 27.7 Å². The van der Waals surface area contributed by atoms with E-state index in [1.54, 1.807) is 13.3 Å². The SMILES string of the molecule is COc1ccc(C(NC(=O)CC(NC(C)=O)c2ccc(Br)cc2)c2nccn2C)cc1. The number of rotatable bonds is 8. The predicted molar refractivity (Wildman–Crippen MR) is 122 cm³/mol. The summed E-state index contributed by atoms with van der Waals surface area (Å²) in [5.41, 5.74) is 1.73. The van der Waals surface area contributed by atoms with Crippen LogP contribution in [-0.4, -0.2) is 28.5 Å². The van der Waals surface area contributed by atoms with Crippen molar-refractivity contribution in [1.82, 2.24) is 20.2 Å². The lowest BCUT2D eigenvalue weighted by atomic mass is 10.0. The van der Waals surface area contributed by atoms with Crippen LogP contribution in [0.5, 0.6) is 5.75 Å². The standard InChI is InChI=1S/C23H25BrN4O3/c1-15(29)26-20(16-4-8-18(24)9-5-16)14-21(30)27-22(23-25-12-13-28(23)2)17-6-10-19(31-3)11-7-17/h4-13,20,22H,14H2,1-3H3,(H,26,29)(H,27,30). The summed E-state index contributed by atoms with van der Waals surface area (Å²) in [7, 11) is 3.49. The maximum absolute atomic E-state index is 13.1. The molecule has 8 heteroatoms. The molecule has 0 aliphatic carbocycles. The molecule has 0 saturated carbocycles. The zero-order chi connectivity index (χ0) is 22.4. The molecular weight excluding hydrogens is 460 g/mol. The third-order valence-corrected chi connectivity index (χ3v) is 5.44. The number of hydrogen-bond donors (Lipinski definition) is 2. The lowest BCUT2D eigenvalue weighted by molar-refractivity contribution is -0.123. The van der Waals surface area contributed by atoms with E-state index < -0.39 is 12.1 Å². The van der Waals surface area contributed by atoms with Crippen LogP contribution in [0.25, 0.3) is 0 Å². The van der Waals surface area contributed by atoms with Gasteiger partial charge in [0, 0.05) is 30.8 Å². The highest BCUT2D eigenvalue weighted by atomic mass is 79.9. The molecule has 1 heterocycles. The van der Waals surface area contributed by atoms with Gasteiger partial charge in [-0.3, -0.25) is 9.59 Å². The lowest BCUT2D eigenvalue weighted by Gasteiger charge is -2.22. The molecule has 2 amide bonds. The van der Waals surface area contributed by atoms with E-state index in [1.807, 2.05) is 66.3 Å². The average Bonchev–Trinajstić information content (AvgIpc) is 3.17. The second-order valence-electron chi connectivity index (χ2n) is 7.18. The molecular formula is C23H25BrN4O3. The van der Waals surface area contributed by atoms with Crippen molar-refractivity contribution in [2.75, 3.05) is 7.11 Å². The molecule has 3 rings (SSSR count). The third kappa shape index (κ3) is 5.95. The van der Waals surface area contributed by atoms with Crippen molar-refractivity contribution in [3.8, 4) is 5.75 Å². The Morgan fingerprint density at radius 2 is 1.71 bits per heavy atom. The second-order valence-corrected chi connectivity index (χ2v) is 8.09. The molecule has 0 aliphatic rings. The van der Waals surface area contributed by atoms with Crippen molar-refractivity contribution in [2.45, 2.75) is 25.4 Å². The van der Waals surface area contributed by atoms with E-state index in [9.17, 15) is 9.59 Å². The van der Waals surface area contributed by atoms with E-state index in [4.69, 9.17) is 4.74 Å². The average molecular weight is 485 g/mol. The van der Waals surface area contributed by atoms with Crippen molar-refractivity contribution in [3.63, 3.8) is 0 Å². The van der Waals surface area contributed by atoms with Gasteiger partial charge in [0.25, 0.3) is 0 Å². The zero-order valence-electron chi connectivity index (χ0n) is 17.6. The molecule has 0 saturated heterocycles. The first-order valence-electron chi connectivity index (χ1n) is 9.80. The van der Waals surface area contributed by atoms with Crippen LogP contribution in [-0.2, 0) is 16.6 Å². The molecule has 0 spiro atoms. The number of carbonyl (C=O) groups is 2. The fourth-order valence-corrected chi connectivity index (χ4v) is 3.61. The van der Waals surface area contributed by atoms with Gasteiger partial charge < -0.3 is 19.9 Å². The molecule has 2 unspecified atom stereocenters. The maximum atomic E-state index is 13.1. The van der Waals surface area contributed by atoms with Crippen LogP contribution >= 0.6 is 15.9 Å². The van der Waals surface area contributed by atoms with Gasteiger partial charge in [0.05, 0.1) is 19.6 Å². The van der Waals surface area contributed by atoms with Crippen molar-refractivity contribution in [1.29, 1.82) is 0 Å². The predicted octanol–water partition coefficient (Wildman–Crippen LogP) is 3.66. The number of hydrogen-bond acceptors (Lipinski definition) is 4. The molecule has 0 fully saturated rings. The van der Waals surface area contributed by atoms with Gasteiger partial charge in [0.15, 0.2) is 0 Å². The number of methoxy groups -OCH3 is 1. The van der Waals surface area contributed by atoms with E-state index in [-0.39, 0.29) is 18.2 Å². The molecule has 2 atom stereocenters. The molecule has 0 radical (unpaired) electrons. The minimum absolute atomic E-state index is 0.0955. The molecule has 31 heavy (non-hydrogen) atoms. The van der Waals surface area contributed by atoms with Gasteiger partial charge in [0.2, 0.25) is 11.8 Å².